The van der Waals surface area contributed by atoms with Crippen LogP contribution in [0.4, 0.5) is 18.9 Å². The Labute approximate surface area is 193 Å². The number of anilines is 1. The van der Waals surface area contributed by atoms with Crippen LogP contribution in [0.25, 0.3) is 0 Å². The molecule has 0 heterocycles. The summed E-state index contributed by atoms with van der Waals surface area (Å²) in [5.74, 6) is -7.79. The van der Waals surface area contributed by atoms with Gasteiger partial charge < -0.3 is 16.0 Å². The molecule has 11 heteroatoms. The van der Waals surface area contributed by atoms with Crippen LogP contribution in [0.3, 0.4) is 0 Å². The highest BCUT2D eigenvalue weighted by molar-refractivity contribution is 6.38. The van der Waals surface area contributed by atoms with Crippen molar-refractivity contribution in [2.75, 3.05) is 12.4 Å². The van der Waals surface area contributed by atoms with Crippen LogP contribution in [0.2, 0.25) is 0 Å². The minimum absolute atomic E-state index is 0.0307. The summed E-state index contributed by atoms with van der Waals surface area (Å²) < 4.78 is 40.1. The van der Waals surface area contributed by atoms with Gasteiger partial charge in [-0.15, -0.1) is 0 Å². The molecule has 0 aliphatic rings. The topological polar surface area (TPSA) is 128 Å². The molecule has 0 saturated carbocycles. The summed E-state index contributed by atoms with van der Waals surface area (Å²) in [7, 11) is 1.17. The van der Waals surface area contributed by atoms with Crippen LogP contribution in [-0.4, -0.2) is 42.5 Å². The number of amides is 3. The number of alkyl halides is 2. The Morgan fingerprint density at radius 2 is 1.79 bits per heavy atom. The maximum atomic E-state index is 13.4. The first kappa shape index (κ1) is 26.1. The van der Waals surface area contributed by atoms with E-state index in [0.29, 0.717) is 6.92 Å². The first-order valence-electron chi connectivity index (χ1n) is 10.0. The van der Waals surface area contributed by atoms with E-state index in [1.807, 2.05) is 6.07 Å². The second-order valence-electron chi connectivity index (χ2n) is 7.41. The van der Waals surface area contributed by atoms with Gasteiger partial charge in [0, 0.05) is 19.0 Å². The van der Waals surface area contributed by atoms with E-state index in [9.17, 15) is 37.6 Å². The van der Waals surface area contributed by atoms with Gasteiger partial charge in [-0.3, -0.25) is 19.2 Å². The molecule has 2 aromatic carbocycles. The van der Waals surface area contributed by atoms with Crippen molar-refractivity contribution >= 4 is 29.2 Å². The fourth-order valence-electron chi connectivity index (χ4n) is 2.92. The molecule has 1 atom stereocenters. The van der Waals surface area contributed by atoms with E-state index in [1.54, 1.807) is 0 Å². The highest BCUT2D eigenvalue weighted by Gasteiger charge is 2.31. The van der Waals surface area contributed by atoms with Crippen LogP contribution in [0, 0.1) is 17.1 Å². The summed E-state index contributed by atoms with van der Waals surface area (Å²) in [6, 6.07) is 8.67. The number of hydrogen-bond donors (Lipinski definition) is 3. The first-order chi connectivity index (χ1) is 15.9. The number of benzene rings is 2. The standard InChI is InChI=1S/C23H21F3N4O4/c1-23(25,26)9-8-18(19(31)22(34)28-2)30-21(33)16-10-13(12-27)6-7-17(16)29-20(32)14-4-3-5-15(24)11-14/h3-7,10-11,18H,8-9H2,1-2H3,(H,28,34)(H,29,32)(H,30,33)/t18-/m0/s1. The summed E-state index contributed by atoms with van der Waals surface area (Å²) in [6.07, 6.45) is -1.33. The highest BCUT2D eigenvalue weighted by atomic mass is 19.3. The zero-order valence-corrected chi connectivity index (χ0v) is 18.2. The van der Waals surface area contributed by atoms with Gasteiger partial charge >= 0.3 is 0 Å². The Morgan fingerprint density at radius 3 is 2.38 bits per heavy atom. The van der Waals surface area contributed by atoms with Gasteiger partial charge in [0.2, 0.25) is 11.7 Å². The quantitative estimate of drug-likeness (QED) is 0.482. The monoisotopic (exact) mass is 474 g/mol. The largest absolute Gasteiger partial charge is 0.353 e. The van der Waals surface area contributed by atoms with Crippen LogP contribution in [0.1, 0.15) is 46.0 Å². The molecule has 2 aromatic rings. The first-order valence-corrected chi connectivity index (χ1v) is 10.0. The van der Waals surface area contributed by atoms with E-state index in [2.05, 4.69) is 16.0 Å². The molecule has 3 amide bonds. The third-order valence-electron chi connectivity index (χ3n) is 4.67. The molecule has 2 rings (SSSR count). The Balaban J connectivity index is 2.35. The van der Waals surface area contributed by atoms with Crippen LogP contribution < -0.4 is 16.0 Å². The molecule has 0 saturated heterocycles. The average molecular weight is 474 g/mol. The molecule has 0 aromatic heterocycles. The number of nitrogens with one attached hydrogen (secondary N) is 3. The lowest BCUT2D eigenvalue weighted by atomic mass is 10.0. The van der Waals surface area contributed by atoms with E-state index in [1.165, 1.54) is 31.3 Å². The van der Waals surface area contributed by atoms with Gasteiger partial charge in [-0.2, -0.15) is 5.26 Å². The van der Waals surface area contributed by atoms with Gasteiger partial charge in [-0.25, -0.2) is 13.2 Å². The maximum Gasteiger partial charge on any atom is 0.289 e. The minimum Gasteiger partial charge on any atom is -0.353 e. The minimum atomic E-state index is -3.16. The van der Waals surface area contributed by atoms with Crippen molar-refractivity contribution < 1.29 is 32.3 Å². The lowest BCUT2D eigenvalue weighted by molar-refractivity contribution is -0.139. The summed E-state index contributed by atoms with van der Waals surface area (Å²) in [6.45, 7) is 0.632. The summed E-state index contributed by atoms with van der Waals surface area (Å²) in [5, 5.41) is 15.9. The molecule has 0 aliphatic heterocycles. The van der Waals surface area contributed by atoms with Gasteiger partial charge in [0.15, 0.2) is 0 Å². The van der Waals surface area contributed by atoms with E-state index >= 15 is 0 Å². The Hall–Kier alpha value is -4.20. The third-order valence-corrected chi connectivity index (χ3v) is 4.67. The third kappa shape index (κ3) is 7.16. The maximum absolute atomic E-state index is 13.4. The van der Waals surface area contributed by atoms with E-state index < -0.39 is 54.1 Å². The second kappa shape index (κ2) is 11.1. The van der Waals surface area contributed by atoms with Crippen molar-refractivity contribution in [2.45, 2.75) is 31.7 Å². The van der Waals surface area contributed by atoms with Gasteiger partial charge in [0.05, 0.1) is 28.9 Å². The fourth-order valence-corrected chi connectivity index (χ4v) is 2.92. The number of likely N-dealkylation sites (N-methyl/N-ethyl adjacent to an activating group) is 1. The zero-order valence-electron chi connectivity index (χ0n) is 18.2. The normalized spacial score (nSPS) is 11.6. The molecule has 3 N–H and O–H groups in total. The molecule has 0 bridgehead atoms. The lowest BCUT2D eigenvalue weighted by Crippen LogP contribution is -2.47. The van der Waals surface area contributed by atoms with Gasteiger partial charge in [-0.05, 0) is 49.7 Å². The van der Waals surface area contributed by atoms with Crippen molar-refractivity contribution in [1.29, 1.82) is 5.26 Å². The van der Waals surface area contributed by atoms with Crippen molar-refractivity contribution in [3.63, 3.8) is 0 Å². The molecular formula is C23H21F3N4O4. The predicted octanol–water partition coefficient (Wildman–Crippen LogP) is 2.80. The number of hydrogen-bond acceptors (Lipinski definition) is 5. The number of ketones is 1. The van der Waals surface area contributed by atoms with Gasteiger partial charge in [0.25, 0.3) is 17.7 Å². The van der Waals surface area contributed by atoms with Crippen LogP contribution in [-0.2, 0) is 9.59 Å². The number of carbonyl (C=O) groups excluding carboxylic acids is 4. The zero-order chi connectivity index (χ0) is 25.5. The Kier molecular flexibility index (Phi) is 8.50. The summed E-state index contributed by atoms with van der Waals surface area (Å²) >= 11 is 0. The fraction of sp³-hybridized carbons (Fsp3) is 0.261. The van der Waals surface area contributed by atoms with Crippen LogP contribution in [0.5, 0.6) is 0 Å². The number of nitrogens with zero attached hydrogens (tertiary/aromatic N) is 1. The summed E-state index contributed by atoms with van der Waals surface area (Å²) in [5.41, 5.74) is -0.365. The molecule has 0 aliphatic carbocycles. The SMILES string of the molecule is CNC(=O)C(=O)[C@H](CCC(C)(F)F)NC(=O)c1cc(C#N)ccc1NC(=O)c1cccc(F)c1. The number of rotatable bonds is 9. The number of halogens is 3. The predicted molar refractivity (Wildman–Crippen MR) is 116 cm³/mol. The van der Waals surface area contributed by atoms with Crippen molar-refractivity contribution in [1.82, 2.24) is 10.6 Å². The lowest BCUT2D eigenvalue weighted by Gasteiger charge is -2.20. The average Bonchev–Trinajstić information content (AvgIpc) is 2.80. The van der Waals surface area contributed by atoms with Gasteiger partial charge in [-0.1, -0.05) is 6.07 Å². The molecule has 34 heavy (non-hydrogen) atoms. The smallest absolute Gasteiger partial charge is 0.289 e. The molecule has 8 nitrogen and oxygen atoms in total. The molecule has 0 radical (unpaired) electrons. The second-order valence-corrected chi connectivity index (χ2v) is 7.41. The van der Waals surface area contributed by atoms with E-state index in [4.69, 9.17) is 0 Å². The number of Topliss-reactive ketones (excluding diaryl/α,β-unsaturated/α-hetero) is 1. The molecule has 178 valence electrons. The Bertz CT molecular complexity index is 1160. The van der Waals surface area contributed by atoms with Crippen molar-refractivity contribution in [3.8, 4) is 6.07 Å². The van der Waals surface area contributed by atoms with Crippen molar-refractivity contribution in [3.05, 3.63) is 65.0 Å². The van der Waals surface area contributed by atoms with Crippen LogP contribution >= 0.6 is 0 Å². The van der Waals surface area contributed by atoms with Crippen LogP contribution in [0.15, 0.2) is 42.5 Å². The van der Waals surface area contributed by atoms with Gasteiger partial charge in [0.1, 0.15) is 5.82 Å². The highest BCUT2D eigenvalue weighted by Crippen LogP contribution is 2.22. The van der Waals surface area contributed by atoms with E-state index in [-0.39, 0.29) is 22.4 Å². The molecular weight excluding hydrogens is 453 g/mol. The number of nitriles is 1. The van der Waals surface area contributed by atoms with E-state index in [0.717, 1.165) is 18.2 Å². The molecule has 0 unspecified atom stereocenters. The van der Waals surface area contributed by atoms with Crippen molar-refractivity contribution in [2.24, 2.45) is 0 Å². The number of carbonyl (C=O) groups is 4. The molecule has 0 spiro atoms. The summed E-state index contributed by atoms with van der Waals surface area (Å²) in [4.78, 5) is 49.5. The Morgan fingerprint density at radius 1 is 1.09 bits per heavy atom. The molecule has 0 fully saturated rings.